The standard InChI is InChI=1S/C12H11N5/c13-11-10-8(15-12(14)16-11)4-3-5-9(10)17-6-1-2-7-17/h1-7H,(H4,13,14,15,16)/p+1. The minimum absolute atomic E-state index is 0.319. The molecule has 0 unspecified atom stereocenters. The normalized spacial score (nSPS) is 10.8. The summed E-state index contributed by atoms with van der Waals surface area (Å²) in [6.45, 7) is 0. The Bertz CT molecular complexity index is 673. The summed E-state index contributed by atoms with van der Waals surface area (Å²) in [6.07, 6.45) is 3.93. The van der Waals surface area contributed by atoms with Crippen LogP contribution in [0.25, 0.3) is 16.6 Å². The molecular weight excluding hydrogens is 214 g/mol. The van der Waals surface area contributed by atoms with Gasteiger partial charge in [-0.2, -0.15) is 0 Å². The number of hydrogen-bond acceptors (Lipinski definition) is 3. The predicted molar refractivity (Wildman–Crippen MR) is 66.5 cm³/mol. The molecule has 1 aromatic carbocycles. The van der Waals surface area contributed by atoms with Gasteiger partial charge in [0.25, 0.3) is 0 Å². The van der Waals surface area contributed by atoms with Crippen LogP contribution in [0.5, 0.6) is 0 Å². The number of fused-ring (bicyclic) bond motifs is 1. The number of hydrogen-bond donors (Lipinski definition) is 2. The number of nitrogen functional groups attached to an aromatic ring is 2. The monoisotopic (exact) mass is 226 g/mol. The van der Waals surface area contributed by atoms with Gasteiger partial charge >= 0.3 is 5.95 Å². The lowest BCUT2D eigenvalue weighted by Crippen LogP contribution is -2.18. The third kappa shape index (κ3) is 1.48. The number of nitrogens with zero attached hydrogens (tertiary/aromatic N) is 2. The molecule has 2 heterocycles. The smallest absolute Gasteiger partial charge is 0.334 e. The second-order valence-corrected chi connectivity index (χ2v) is 3.80. The number of nitrogens with one attached hydrogen (secondary N) is 1. The highest BCUT2D eigenvalue weighted by molar-refractivity contribution is 5.94. The Kier molecular flexibility index (Phi) is 1.98. The van der Waals surface area contributed by atoms with Gasteiger partial charge in [0, 0.05) is 12.4 Å². The van der Waals surface area contributed by atoms with Gasteiger partial charge in [0.2, 0.25) is 5.82 Å². The van der Waals surface area contributed by atoms with E-state index < -0.39 is 0 Å². The fourth-order valence-electron chi connectivity index (χ4n) is 1.97. The molecule has 17 heavy (non-hydrogen) atoms. The zero-order valence-corrected chi connectivity index (χ0v) is 9.09. The number of nitrogens with two attached hydrogens (primary N) is 2. The maximum absolute atomic E-state index is 5.98. The summed E-state index contributed by atoms with van der Waals surface area (Å²) in [7, 11) is 0. The van der Waals surface area contributed by atoms with Crippen LogP contribution in [0, 0.1) is 0 Å². The lowest BCUT2D eigenvalue weighted by Gasteiger charge is -2.07. The quantitative estimate of drug-likeness (QED) is 0.649. The molecule has 0 aliphatic carbocycles. The predicted octanol–water partition coefficient (Wildman–Crippen LogP) is 1.00. The van der Waals surface area contributed by atoms with Crippen LogP contribution in [-0.2, 0) is 0 Å². The Morgan fingerprint density at radius 2 is 1.82 bits per heavy atom. The maximum Gasteiger partial charge on any atom is 0.342 e. The maximum atomic E-state index is 5.98. The zero-order valence-electron chi connectivity index (χ0n) is 9.09. The van der Waals surface area contributed by atoms with Crippen LogP contribution in [0.4, 0.5) is 11.8 Å². The summed E-state index contributed by atoms with van der Waals surface area (Å²) >= 11 is 0. The highest BCUT2D eigenvalue weighted by Crippen LogP contribution is 2.24. The Morgan fingerprint density at radius 3 is 2.59 bits per heavy atom. The van der Waals surface area contributed by atoms with Gasteiger partial charge in [0.05, 0.1) is 5.69 Å². The van der Waals surface area contributed by atoms with Crippen molar-refractivity contribution >= 4 is 22.7 Å². The SMILES string of the molecule is Nc1nc2cccc(-n3cccc3)c2c(N)[nH+]1. The van der Waals surface area contributed by atoms with Crippen molar-refractivity contribution in [3.05, 3.63) is 42.7 Å². The van der Waals surface area contributed by atoms with E-state index in [-0.39, 0.29) is 0 Å². The van der Waals surface area contributed by atoms with Gasteiger partial charge in [-0.1, -0.05) is 6.07 Å². The van der Waals surface area contributed by atoms with Crippen molar-refractivity contribution in [2.45, 2.75) is 0 Å². The highest BCUT2D eigenvalue weighted by atomic mass is 15.0. The van der Waals surface area contributed by atoms with E-state index >= 15 is 0 Å². The largest absolute Gasteiger partial charge is 0.342 e. The van der Waals surface area contributed by atoms with Gasteiger partial charge in [-0.25, -0.2) is 4.98 Å². The van der Waals surface area contributed by atoms with Crippen LogP contribution in [-0.4, -0.2) is 9.55 Å². The van der Waals surface area contributed by atoms with Crippen LogP contribution < -0.4 is 16.5 Å². The molecule has 84 valence electrons. The van der Waals surface area contributed by atoms with Crippen molar-refractivity contribution < 1.29 is 4.98 Å². The first kappa shape index (κ1) is 9.65. The number of anilines is 2. The van der Waals surface area contributed by atoms with Crippen molar-refractivity contribution in [3.8, 4) is 5.69 Å². The molecule has 0 aliphatic rings. The summed E-state index contributed by atoms with van der Waals surface area (Å²) in [5.74, 6) is 0.844. The second kappa shape index (κ2) is 3.48. The van der Waals surface area contributed by atoms with Gasteiger partial charge in [0.1, 0.15) is 10.9 Å². The van der Waals surface area contributed by atoms with Crippen LogP contribution in [0.15, 0.2) is 42.7 Å². The molecule has 0 aliphatic heterocycles. The van der Waals surface area contributed by atoms with E-state index in [1.807, 2.05) is 47.3 Å². The third-order valence-electron chi connectivity index (χ3n) is 2.68. The summed E-state index contributed by atoms with van der Waals surface area (Å²) < 4.78 is 1.99. The Labute approximate surface area is 97.7 Å². The highest BCUT2D eigenvalue weighted by Gasteiger charge is 2.12. The van der Waals surface area contributed by atoms with Crippen molar-refractivity contribution in [1.29, 1.82) is 0 Å². The topological polar surface area (TPSA) is 84.0 Å². The lowest BCUT2D eigenvalue weighted by molar-refractivity contribution is -0.344. The number of rotatable bonds is 1. The number of H-pyrrole nitrogens is 1. The average molecular weight is 226 g/mol. The molecule has 3 rings (SSSR count). The van der Waals surface area contributed by atoms with Crippen molar-refractivity contribution in [2.24, 2.45) is 0 Å². The van der Waals surface area contributed by atoms with Gasteiger partial charge in [0.15, 0.2) is 0 Å². The number of aromatic nitrogens is 3. The Hall–Kier alpha value is -2.56. The van der Waals surface area contributed by atoms with Gasteiger partial charge in [-0.3, -0.25) is 0 Å². The number of aromatic amines is 1. The van der Waals surface area contributed by atoms with Crippen LogP contribution in [0.3, 0.4) is 0 Å². The average Bonchev–Trinajstić information content (AvgIpc) is 2.80. The summed E-state index contributed by atoms with van der Waals surface area (Å²) in [6, 6.07) is 9.74. The van der Waals surface area contributed by atoms with E-state index in [1.54, 1.807) is 0 Å². The molecule has 0 radical (unpaired) electrons. The summed E-state index contributed by atoms with van der Waals surface area (Å²) in [5, 5.41) is 0.873. The summed E-state index contributed by atoms with van der Waals surface area (Å²) in [4.78, 5) is 7.08. The van der Waals surface area contributed by atoms with E-state index in [4.69, 9.17) is 11.5 Å². The lowest BCUT2D eigenvalue weighted by atomic mass is 10.2. The fraction of sp³-hybridized carbons (Fsp3) is 0. The van der Waals surface area contributed by atoms with E-state index in [2.05, 4.69) is 9.97 Å². The molecule has 0 saturated heterocycles. The first-order chi connectivity index (χ1) is 8.25. The molecule has 3 aromatic rings. The molecule has 0 atom stereocenters. The van der Waals surface area contributed by atoms with Crippen molar-refractivity contribution in [2.75, 3.05) is 11.5 Å². The first-order valence-electron chi connectivity index (χ1n) is 5.26. The van der Waals surface area contributed by atoms with Gasteiger partial charge < -0.3 is 16.0 Å². The van der Waals surface area contributed by atoms with E-state index in [9.17, 15) is 0 Å². The molecule has 0 spiro atoms. The van der Waals surface area contributed by atoms with Gasteiger partial charge in [-0.05, 0) is 24.3 Å². The molecule has 0 fully saturated rings. The van der Waals surface area contributed by atoms with Crippen LogP contribution >= 0.6 is 0 Å². The van der Waals surface area contributed by atoms with Crippen molar-refractivity contribution in [1.82, 2.24) is 9.55 Å². The molecule has 0 amide bonds. The molecule has 0 saturated carbocycles. The molecular formula is C12H12N5+. The molecule has 0 bridgehead atoms. The molecule has 5 N–H and O–H groups in total. The van der Waals surface area contributed by atoms with Crippen molar-refractivity contribution in [3.63, 3.8) is 0 Å². The Balaban J connectivity index is 2.40. The minimum Gasteiger partial charge on any atom is -0.334 e. The Morgan fingerprint density at radius 1 is 1.06 bits per heavy atom. The van der Waals surface area contributed by atoms with E-state index in [0.717, 1.165) is 16.6 Å². The minimum atomic E-state index is 0.319. The van der Waals surface area contributed by atoms with E-state index in [1.165, 1.54) is 0 Å². The van der Waals surface area contributed by atoms with Crippen LogP contribution in [0.2, 0.25) is 0 Å². The number of benzene rings is 1. The third-order valence-corrected chi connectivity index (χ3v) is 2.68. The molecule has 5 heteroatoms. The van der Waals surface area contributed by atoms with Gasteiger partial charge in [-0.15, -0.1) is 4.98 Å². The van der Waals surface area contributed by atoms with Crippen LogP contribution in [0.1, 0.15) is 0 Å². The second-order valence-electron chi connectivity index (χ2n) is 3.80. The zero-order chi connectivity index (χ0) is 11.8. The fourth-order valence-corrected chi connectivity index (χ4v) is 1.97. The molecule has 5 nitrogen and oxygen atoms in total. The summed E-state index contributed by atoms with van der Waals surface area (Å²) in [5.41, 5.74) is 13.4. The van der Waals surface area contributed by atoms with E-state index in [0.29, 0.717) is 11.8 Å². The first-order valence-corrected chi connectivity index (χ1v) is 5.26. The molecule has 2 aromatic heterocycles.